The van der Waals surface area contributed by atoms with Crippen LogP contribution >= 0.6 is 0 Å². The number of aryl methyl sites for hydroxylation is 1. The van der Waals surface area contributed by atoms with Crippen molar-refractivity contribution in [3.63, 3.8) is 0 Å². The lowest BCUT2D eigenvalue weighted by atomic mass is 10.1. The number of fused-ring (bicyclic) bond motifs is 1. The molecule has 6 nitrogen and oxygen atoms in total. The van der Waals surface area contributed by atoms with E-state index in [0.717, 1.165) is 16.8 Å². The van der Waals surface area contributed by atoms with E-state index in [4.69, 9.17) is 10.2 Å². The summed E-state index contributed by atoms with van der Waals surface area (Å²) in [6.45, 7) is 3.89. The summed E-state index contributed by atoms with van der Waals surface area (Å²) in [4.78, 5) is 11.8. The molecule has 6 heteroatoms. The van der Waals surface area contributed by atoms with Gasteiger partial charge in [-0.15, -0.1) is 0 Å². The fourth-order valence-electron chi connectivity index (χ4n) is 2.30. The van der Waals surface area contributed by atoms with Gasteiger partial charge in [-0.2, -0.15) is 5.10 Å². The average Bonchev–Trinajstić information content (AvgIpc) is 2.88. The molecule has 2 heterocycles. The predicted octanol–water partition coefficient (Wildman–Crippen LogP) is 2.16. The highest BCUT2D eigenvalue weighted by Crippen LogP contribution is 2.25. The Morgan fingerprint density at radius 3 is 2.65 bits per heavy atom. The van der Waals surface area contributed by atoms with E-state index < -0.39 is 0 Å². The second-order valence-electron chi connectivity index (χ2n) is 5.09. The molecule has 104 valence electrons. The van der Waals surface area contributed by atoms with Crippen LogP contribution in [0.5, 0.6) is 0 Å². The van der Waals surface area contributed by atoms with Crippen molar-refractivity contribution in [1.82, 2.24) is 14.3 Å². The van der Waals surface area contributed by atoms with Crippen LogP contribution in [0.15, 0.2) is 33.5 Å². The maximum Gasteiger partial charge on any atom is 0.420 e. The van der Waals surface area contributed by atoms with Crippen LogP contribution in [0.25, 0.3) is 22.4 Å². The lowest BCUT2D eigenvalue weighted by Gasteiger charge is -2.05. The number of hydrogen-bond donors (Lipinski definition) is 1. The lowest BCUT2D eigenvalue weighted by Crippen LogP contribution is -2.15. The highest BCUT2D eigenvalue weighted by molar-refractivity contribution is 5.80. The molecule has 0 aliphatic carbocycles. The molecule has 0 spiro atoms. The SMILES string of the molecule is CC(C)n1c(=O)oc2ccc(-c3cc(N)n(C)n3)cc21. The third-order valence-corrected chi connectivity index (χ3v) is 3.34. The fourth-order valence-corrected chi connectivity index (χ4v) is 2.30. The van der Waals surface area contributed by atoms with Gasteiger partial charge in [0.25, 0.3) is 0 Å². The van der Waals surface area contributed by atoms with Gasteiger partial charge in [0.05, 0.1) is 11.2 Å². The predicted molar refractivity (Wildman–Crippen MR) is 77.5 cm³/mol. The van der Waals surface area contributed by atoms with Gasteiger partial charge < -0.3 is 10.2 Å². The molecule has 0 radical (unpaired) electrons. The minimum Gasteiger partial charge on any atom is -0.408 e. The van der Waals surface area contributed by atoms with Gasteiger partial charge in [-0.25, -0.2) is 4.79 Å². The summed E-state index contributed by atoms with van der Waals surface area (Å²) < 4.78 is 8.48. The molecule has 3 rings (SSSR count). The normalized spacial score (nSPS) is 11.6. The Morgan fingerprint density at radius 2 is 2.05 bits per heavy atom. The minimum atomic E-state index is -0.340. The van der Waals surface area contributed by atoms with Crippen LogP contribution in [-0.4, -0.2) is 14.3 Å². The third kappa shape index (κ3) is 1.80. The summed E-state index contributed by atoms with van der Waals surface area (Å²) in [6.07, 6.45) is 0. The molecule has 0 bridgehead atoms. The van der Waals surface area contributed by atoms with E-state index in [1.807, 2.05) is 26.0 Å². The van der Waals surface area contributed by atoms with Crippen LogP contribution < -0.4 is 11.5 Å². The zero-order valence-corrected chi connectivity index (χ0v) is 11.6. The maximum atomic E-state index is 11.8. The quantitative estimate of drug-likeness (QED) is 0.775. The van der Waals surface area contributed by atoms with Crippen molar-refractivity contribution in [3.8, 4) is 11.3 Å². The van der Waals surface area contributed by atoms with E-state index >= 15 is 0 Å². The molecule has 3 aromatic rings. The third-order valence-electron chi connectivity index (χ3n) is 3.34. The summed E-state index contributed by atoms with van der Waals surface area (Å²) in [5.41, 5.74) is 8.83. The number of hydrogen-bond acceptors (Lipinski definition) is 4. The van der Waals surface area contributed by atoms with Gasteiger partial charge in [0.15, 0.2) is 5.58 Å². The lowest BCUT2D eigenvalue weighted by molar-refractivity contribution is 0.478. The Balaban J connectivity index is 2.24. The molecule has 2 N–H and O–H groups in total. The Hall–Kier alpha value is -2.50. The van der Waals surface area contributed by atoms with Gasteiger partial charge >= 0.3 is 5.76 Å². The second kappa shape index (κ2) is 4.26. The largest absolute Gasteiger partial charge is 0.420 e. The molecule has 0 atom stereocenters. The first-order valence-electron chi connectivity index (χ1n) is 6.42. The van der Waals surface area contributed by atoms with Crippen molar-refractivity contribution in [1.29, 1.82) is 0 Å². The Labute approximate surface area is 115 Å². The van der Waals surface area contributed by atoms with Crippen LogP contribution in [0.3, 0.4) is 0 Å². The van der Waals surface area contributed by atoms with Crippen molar-refractivity contribution < 1.29 is 4.42 Å². The minimum absolute atomic E-state index is 0.0350. The van der Waals surface area contributed by atoms with Crippen molar-refractivity contribution in [2.24, 2.45) is 7.05 Å². The number of nitrogens with zero attached hydrogens (tertiary/aromatic N) is 3. The van der Waals surface area contributed by atoms with E-state index in [-0.39, 0.29) is 11.8 Å². The molecule has 0 aliphatic rings. The molecule has 0 saturated heterocycles. The monoisotopic (exact) mass is 272 g/mol. The molecule has 1 aromatic carbocycles. The zero-order chi connectivity index (χ0) is 14.4. The van der Waals surface area contributed by atoms with Crippen molar-refractivity contribution in [3.05, 3.63) is 34.8 Å². The van der Waals surface area contributed by atoms with E-state index in [9.17, 15) is 4.79 Å². The van der Waals surface area contributed by atoms with Gasteiger partial charge in [-0.3, -0.25) is 9.25 Å². The number of benzene rings is 1. The summed E-state index contributed by atoms with van der Waals surface area (Å²) in [5.74, 6) is 0.251. The van der Waals surface area contributed by atoms with Gasteiger partial charge in [0.1, 0.15) is 5.82 Å². The van der Waals surface area contributed by atoms with Crippen molar-refractivity contribution in [2.45, 2.75) is 19.9 Å². The molecule has 0 saturated carbocycles. The molecule has 0 aliphatic heterocycles. The summed E-state index contributed by atoms with van der Waals surface area (Å²) in [7, 11) is 1.79. The number of nitrogens with two attached hydrogens (primary N) is 1. The summed E-state index contributed by atoms with van der Waals surface area (Å²) in [5, 5.41) is 4.34. The van der Waals surface area contributed by atoms with Gasteiger partial charge in [-0.05, 0) is 32.0 Å². The van der Waals surface area contributed by atoms with Gasteiger partial charge in [0, 0.05) is 24.7 Å². The Bertz CT molecular complexity index is 819. The summed E-state index contributed by atoms with van der Waals surface area (Å²) >= 11 is 0. The molecular formula is C14H16N4O2. The van der Waals surface area contributed by atoms with Crippen molar-refractivity contribution >= 4 is 16.9 Å². The fraction of sp³-hybridized carbons (Fsp3) is 0.286. The topological polar surface area (TPSA) is 79.0 Å². The number of anilines is 1. The van der Waals surface area contributed by atoms with Crippen LogP contribution in [0.1, 0.15) is 19.9 Å². The van der Waals surface area contributed by atoms with E-state index in [0.29, 0.717) is 11.4 Å². The number of aromatic nitrogens is 3. The Morgan fingerprint density at radius 1 is 1.30 bits per heavy atom. The van der Waals surface area contributed by atoms with Crippen molar-refractivity contribution in [2.75, 3.05) is 5.73 Å². The maximum absolute atomic E-state index is 11.8. The number of nitrogen functional groups attached to an aromatic ring is 1. The second-order valence-corrected chi connectivity index (χ2v) is 5.09. The first-order valence-corrected chi connectivity index (χ1v) is 6.42. The highest BCUT2D eigenvalue weighted by atomic mass is 16.4. The first kappa shape index (κ1) is 12.5. The molecule has 0 unspecified atom stereocenters. The average molecular weight is 272 g/mol. The van der Waals surface area contributed by atoms with Crippen LogP contribution in [0.2, 0.25) is 0 Å². The first-order chi connectivity index (χ1) is 9.47. The van der Waals surface area contributed by atoms with Gasteiger partial charge in [0.2, 0.25) is 0 Å². The van der Waals surface area contributed by atoms with E-state index in [1.54, 1.807) is 28.4 Å². The van der Waals surface area contributed by atoms with E-state index in [1.165, 1.54) is 0 Å². The standard InChI is InChI=1S/C14H16N4O2/c1-8(2)18-11-6-9(4-5-12(11)20-14(18)19)10-7-13(15)17(3)16-10/h4-8H,15H2,1-3H3. The molecule has 0 amide bonds. The molecule has 20 heavy (non-hydrogen) atoms. The summed E-state index contributed by atoms with van der Waals surface area (Å²) in [6, 6.07) is 7.40. The smallest absolute Gasteiger partial charge is 0.408 e. The van der Waals surface area contributed by atoms with Crippen LogP contribution in [-0.2, 0) is 7.05 Å². The number of oxazole rings is 1. The highest BCUT2D eigenvalue weighted by Gasteiger charge is 2.14. The van der Waals surface area contributed by atoms with Gasteiger partial charge in [-0.1, -0.05) is 0 Å². The molecule has 2 aromatic heterocycles. The van der Waals surface area contributed by atoms with Crippen LogP contribution in [0, 0.1) is 0 Å². The Kier molecular flexibility index (Phi) is 2.67. The van der Waals surface area contributed by atoms with E-state index in [2.05, 4.69) is 5.10 Å². The molecular weight excluding hydrogens is 256 g/mol. The molecule has 0 fully saturated rings. The zero-order valence-electron chi connectivity index (χ0n) is 11.6. The number of rotatable bonds is 2. The van der Waals surface area contributed by atoms with Crippen LogP contribution in [0.4, 0.5) is 5.82 Å².